The number of anilines is 1. The first-order chi connectivity index (χ1) is 8.42. The minimum absolute atomic E-state index is 0.214. The number of para-hydroxylation sites is 1. The van der Waals surface area contributed by atoms with E-state index >= 15 is 0 Å². The van der Waals surface area contributed by atoms with Crippen molar-refractivity contribution in [3.8, 4) is 11.8 Å². The van der Waals surface area contributed by atoms with Crippen LogP contribution >= 0.6 is 0 Å². The highest BCUT2D eigenvalue weighted by Crippen LogP contribution is 2.13. The van der Waals surface area contributed by atoms with Gasteiger partial charge in [-0.3, -0.25) is 4.79 Å². The molecule has 0 radical (unpaired) electrons. The zero-order valence-electron chi connectivity index (χ0n) is 9.93. The van der Waals surface area contributed by atoms with E-state index in [0.717, 1.165) is 6.26 Å². The number of hydrogen-bond donors (Lipinski definition) is 2. The van der Waals surface area contributed by atoms with Gasteiger partial charge < -0.3 is 11.1 Å². The number of sulfone groups is 1. The maximum absolute atomic E-state index is 11.5. The van der Waals surface area contributed by atoms with Gasteiger partial charge in [0, 0.05) is 11.8 Å². The summed E-state index contributed by atoms with van der Waals surface area (Å²) in [4.78, 5) is 11.5. The van der Waals surface area contributed by atoms with E-state index in [0.29, 0.717) is 11.3 Å². The van der Waals surface area contributed by atoms with E-state index in [4.69, 9.17) is 5.73 Å². The topological polar surface area (TPSA) is 89.3 Å². The van der Waals surface area contributed by atoms with Gasteiger partial charge >= 0.3 is 0 Å². The number of amides is 1. The Morgan fingerprint density at radius 1 is 1.39 bits per heavy atom. The highest BCUT2D eigenvalue weighted by Gasteiger charge is 2.11. The Bertz CT molecular complexity index is 597. The number of nitrogens with two attached hydrogens (primary N) is 1. The number of rotatable bonds is 3. The zero-order chi connectivity index (χ0) is 13.6. The van der Waals surface area contributed by atoms with Gasteiger partial charge in [0.05, 0.1) is 12.2 Å². The molecule has 1 amide bonds. The Hall–Kier alpha value is -1.84. The third kappa shape index (κ3) is 4.99. The summed E-state index contributed by atoms with van der Waals surface area (Å²) in [5, 5.41) is 2.51. The standard InChI is InChI=1S/C12H14N2O3S/c1-18(16,17)9-12(15)14-11-7-3-2-5-10(11)6-4-8-13/h2-3,5,7H,8-9,13H2,1H3,(H,14,15). The minimum atomic E-state index is -3.34. The fourth-order valence-corrected chi connectivity index (χ4v) is 1.82. The predicted molar refractivity (Wildman–Crippen MR) is 70.7 cm³/mol. The second kappa shape index (κ2) is 6.19. The summed E-state index contributed by atoms with van der Waals surface area (Å²) in [6, 6.07) is 6.87. The highest BCUT2D eigenvalue weighted by molar-refractivity contribution is 7.91. The van der Waals surface area contributed by atoms with Crippen LogP contribution in [0.3, 0.4) is 0 Å². The van der Waals surface area contributed by atoms with Gasteiger partial charge in [0.25, 0.3) is 0 Å². The average molecular weight is 266 g/mol. The van der Waals surface area contributed by atoms with Crippen LogP contribution in [0.2, 0.25) is 0 Å². The Balaban J connectivity index is 2.88. The van der Waals surface area contributed by atoms with E-state index in [9.17, 15) is 13.2 Å². The van der Waals surface area contributed by atoms with Crippen LogP contribution in [0.1, 0.15) is 5.56 Å². The SMILES string of the molecule is CS(=O)(=O)CC(=O)Nc1ccccc1C#CCN. The summed E-state index contributed by atoms with van der Waals surface area (Å²) >= 11 is 0. The number of hydrogen-bond acceptors (Lipinski definition) is 4. The summed E-state index contributed by atoms with van der Waals surface area (Å²) in [7, 11) is -3.34. The van der Waals surface area contributed by atoms with Crippen molar-refractivity contribution < 1.29 is 13.2 Å². The average Bonchev–Trinajstić information content (AvgIpc) is 2.25. The molecule has 6 heteroatoms. The zero-order valence-corrected chi connectivity index (χ0v) is 10.8. The molecule has 0 aliphatic carbocycles. The molecule has 0 atom stereocenters. The normalized spacial score (nSPS) is 10.3. The van der Waals surface area contributed by atoms with Gasteiger partial charge in [0.2, 0.25) is 5.91 Å². The van der Waals surface area contributed by atoms with E-state index in [1.807, 2.05) is 0 Å². The Morgan fingerprint density at radius 3 is 2.67 bits per heavy atom. The fourth-order valence-electron chi connectivity index (χ4n) is 1.27. The van der Waals surface area contributed by atoms with E-state index in [-0.39, 0.29) is 6.54 Å². The van der Waals surface area contributed by atoms with Gasteiger partial charge in [-0.25, -0.2) is 8.42 Å². The molecule has 0 aromatic heterocycles. The number of carbonyl (C=O) groups excluding carboxylic acids is 1. The molecule has 0 spiro atoms. The maximum Gasteiger partial charge on any atom is 0.239 e. The molecular weight excluding hydrogens is 252 g/mol. The molecule has 0 saturated heterocycles. The molecule has 0 aliphatic heterocycles. The lowest BCUT2D eigenvalue weighted by atomic mass is 10.2. The Labute approximate surface area is 106 Å². The van der Waals surface area contributed by atoms with E-state index in [1.54, 1.807) is 24.3 Å². The molecule has 0 aliphatic rings. The van der Waals surface area contributed by atoms with E-state index in [1.165, 1.54) is 0 Å². The molecular formula is C12H14N2O3S. The lowest BCUT2D eigenvalue weighted by Crippen LogP contribution is -2.22. The van der Waals surface area contributed by atoms with Crippen molar-refractivity contribution in [2.24, 2.45) is 5.73 Å². The van der Waals surface area contributed by atoms with Crippen LogP contribution in [0.15, 0.2) is 24.3 Å². The predicted octanol–water partition coefficient (Wildman–Crippen LogP) is -0.0201. The lowest BCUT2D eigenvalue weighted by molar-refractivity contribution is -0.113. The van der Waals surface area contributed by atoms with Gasteiger partial charge in [-0.15, -0.1) is 0 Å². The van der Waals surface area contributed by atoms with Crippen LogP contribution < -0.4 is 11.1 Å². The van der Waals surface area contributed by atoms with Gasteiger partial charge in [-0.1, -0.05) is 24.0 Å². The van der Waals surface area contributed by atoms with Gasteiger partial charge in [-0.2, -0.15) is 0 Å². The van der Waals surface area contributed by atoms with Crippen LogP contribution in [0.25, 0.3) is 0 Å². The first kappa shape index (κ1) is 14.2. The summed E-state index contributed by atoms with van der Waals surface area (Å²) in [6.45, 7) is 0.214. The minimum Gasteiger partial charge on any atom is -0.324 e. The maximum atomic E-state index is 11.5. The fraction of sp³-hybridized carbons (Fsp3) is 0.250. The van der Waals surface area contributed by atoms with E-state index < -0.39 is 21.5 Å². The van der Waals surface area contributed by atoms with Crippen molar-refractivity contribution >= 4 is 21.4 Å². The third-order valence-corrected chi connectivity index (χ3v) is 2.71. The highest BCUT2D eigenvalue weighted by atomic mass is 32.2. The van der Waals surface area contributed by atoms with Crippen LogP contribution in [0, 0.1) is 11.8 Å². The second-order valence-electron chi connectivity index (χ2n) is 3.67. The molecule has 96 valence electrons. The smallest absolute Gasteiger partial charge is 0.239 e. The summed E-state index contributed by atoms with van der Waals surface area (Å²) < 4.78 is 22.0. The van der Waals surface area contributed by atoms with Crippen LogP contribution in [-0.4, -0.2) is 32.9 Å². The molecule has 1 aromatic carbocycles. The molecule has 5 nitrogen and oxygen atoms in total. The number of nitrogens with one attached hydrogen (secondary N) is 1. The first-order valence-electron chi connectivity index (χ1n) is 5.18. The molecule has 0 unspecified atom stereocenters. The molecule has 18 heavy (non-hydrogen) atoms. The van der Waals surface area contributed by atoms with Crippen molar-refractivity contribution in [1.29, 1.82) is 0 Å². The van der Waals surface area contributed by atoms with Crippen molar-refractivity contribution in [3.63, 3.8) is 0 Å². The van der Waals surface area contributed by atoms with Gasteiger partial charge in [0.15, 0.2) is 9.84 Å². The summed E-state index contributed by atoms with van der Waals surface area (Å²) in [5.74, 6) is 4.34. The first-order valence-corrected chi connectivity index (χ1v) is 7.24. The van der Waals surface area contributed by atoms with Crippen molar-refractivity contribution in [3.05, 3.63) is 29.8 Å². The molecule has 0 saturated carbocycles. The van der Waals surface area contributed by atoms with E-state index in [2.05, 4.69) is 17.2 Å². The molecule has 1 aromatic rings. The van der Waals surface area contributed by atoms with Gasteiger partial charge in [0.1, 0.15) is 5.75 Å². The second-order valence-corrected chi connectivity index (χ2v) is 5.81. The molecule has 0 heterocycles. The molecule has 1 rings (SSSR count). The van der Waals surface area contributed by atoms with Crippen LogP contribution in [0.5, 0.6) is 0 Å². The third-order valence-electron chi connectivity index (χ3n) is 1.92. The quantitative estimate of drug-likeness (QED) is 0.752. The monoisotopic (exact) mass is 266 g/mol. The van der Waals surface area contributed by atoms with Crippen LogP contribution in [-0.2, 0) is 14.6 Å². The van der Waals surface area contributed by atoms with Crippen molar-refractivity contribution in [2.45, 2.75) is 0 Å². The molecule has 0 fully saturated rings. The Morgan fingerprint density at radius 2 is 2.06 bits per heavy atom. The number of carbonyl (C=O) groups is 1. The van der Waals surface area contributed by atoms with Crippen LogP contribution in [0.4, 0.5) is 5.69 Å². The number of benzene rings is 1. The molecule has 0 bridgehead atoms. The van der Waals surface area contributed by atoms with Crippen molar-refractivity contribution in [2.75, 3.05) is 23.9 Å². The lowest BCUT2D eigenvalue weighted by Gasteiger charge is -2.06. The summed E-state index contributed by atoms with van der Waals surface area (Å²) in [6.07, 6.45) is 1.01. The molecule has 3 N–H and O–H groups in total. The van der Waals surface area contributed by atoms with Gasteiger partial charge in [-0.05, 0) is 12.1 Å². The Kier molecular flexibility index (Phi) is 4.89. The summed E-state index contributed by atoms with van der Waals surface area (Å²) in [5.41, 5.74) is 6.35. The van der Waals surface area contributed by atoms with Crippen molar-refractivity contribution in [1.82, 2.24) is 0 Å². The largest absolute Gasteiger partial charge is 0.324 e.